The van der Waals surface area contributed by atoms with Crippen LogP contribution in [0.2, 0.25) is 0 Å². The highest BCUT2D eigenvalue weighted by atomic mass is 31.2. The van der Waals surface area contributed by atoms with Crippen molar-refractivity contribution >= 4 is 7.94 Å². The fraction of sp³-hybridized carbons (Fsp3) is 1.00. The van der Waals surface area contributed by atoms with E-state index in [2.05, 4.69) is 0 Å². The van der Waals surface area contributed by atoms with Crippen molar-refractivity contribution in [2.24, 2.45) is 0 Å². The molecule has 72 valence electrons. The zero-order chi connectivity index (χ0) is 9.62. The Morgan fingerprint density at radius 1 is 1.00 bits per heavy atom. The van der Waals surface area contributed by atoms with Gasteiger partial charge in [0.1, 0.15) is 17.9 Å². The molecule has 0 amide bonds. The molecule has 1 fully saturated rings. The molecule has 0 aromatic carbocycles. The lowest BCUT2D eigenvalue weighted by molar-refractivity contribution is 0.00578. The average Bonchev–Trinajstić information content (AvgIpc) is 1.99. The van der Waals surface area contributed by atoms with Crippen LogP contribution in [0.5, 0.6) is 0 Å². The number of hydrogen-bond donors (Lipinski definition) is 0. The molecule has 1 saturated heterocycles. The summed E-state index contributed by atoms with van der Waals surface area (Å²) in [7, 11) is -0.414. The monoisotopic (exact) mass is 193 g/mol. The third kappa shape index (κ3) is 1.51. The van der Waals surface area contributed by atoms with Crippen LogP contribution in [0.1, 0.15) is 27.7 Å². The van der Waals surface area contributed by atoms with Gasteiger partial charge < -0.3 is 0 Å². The minimum absolute atomic E-state index is 0.272. The van der Waals surface area contributed by atoms with E-state index in [0.29, 0.717) is 0 Å². The van der Waals surface area contributed by atoms with Gasteiger partial charge in [-0.25, -0.2) is 0 Å². The zero-order valence-corrected chi connectivity index (χ0v) is 9.57. The second-order valence-corrected chi connectivity index (χ2v) is 6.43. The molecular weight excluding hydrogens is 175 g/mol. The van der Waals surface area contributed by atoms with Crippen LogP contribution in [0.3, 0.4) is 0 Å². The van der Waals surface area contributed by atoms with E-state index in [1.807, 2.05) is 34.4 Å². The molecule has 0 spiro atoms. The van der Waals surface area contributed by atoms with Crippen LogP contribution < -0.4 is 0 Å². The molecule has 1 aliphatic heterocycles. The van der Waals surface area contributed by atoms with Crippen molar-refractivity contribution in [1.29, 1.82) is 0 Å². The highest BCUT2D eigenvalue weighted by Crippen LogP contribution is 2.70. The first kappa shape index (κ1) is 10.4. The summed E-state index contributed by atoms with van der Waals surface area (Å²) in [5.41, 5.74) is -0.545. The third-order valence-corrected chi connectivity index (χ3v) is 4.81. The van der Waals surface area contributed by atoms with Crippen molar-refractivity contribution in [3.8, 4) is 0 Å². The number of rotatable bonds is 1. The molecule has 4 heteroatoms. The van der Waals surface area contributed by atoms with Crippen molar-refractivity contribution in [3.63, 3.8) is 0 Å². The van der Waals surface area contributed by atoms with Gasteiger partial charge in [-0.1, -0.05) is 0 Å². The smallest absolute Gasteiger partial charge is 0.182 e. The predicted octanol–water partition coefficient (Wildman–Crippen LogP) is 2.63. The topological polar surface area (TPSA) is 27.7 Å². The van der Waals surface area contributed by atoms with Crippen molar-refractivity contribution < 1.29 is 13.6 Å². The molecule has 0 bridgehead atoms. The van der Waals surface area contributed by atoms with E-state index in [9.17, 15) is 0 Å². The summed E-state index contributed by atoms with van der Waals surface area (Å²) >= 11 is 0. The van der Waals surface area contributed by atoms with Gasteiger partial charge in [0.05, 0.1) is 7.11 Å². The Balaban J connectivity index is 2.88. The predicted molar refractivity (Wildman–Crippen MR) is 50.2 cm³/mol. The van der Waals surface area contributed by atoms with E-state index in [4.69, 9.17) is 13.6 Å². The first-order valence-corrected chi connectivity index (χ1v) is 6.05. The van der Waals surface area contributed by atoms with Gasteiger partial charge in [-0.2, -0.15) is 13.6 Å². The Hall–Kier alpha value is 0.310. The van der Waals surface area contributed by atoms with Crippen LogP contribution in [0.4, 0.5) is 0 Å². The molecule has 0 radical (unpaired) electrons. The third-order valence-electron chi connectivity index (χ3n) is 2.57. The Bertz CT molecular complexity index is 173. The van der Waals surface area contributed by atoms with Crippen LogP contribution in [-0.4, -0.2) is 25.0 Å². The Labute approximate surface area is 75.0 Å². The molecule has 0 unspecified atom stereocenters. The first-order valence-electron chi connectivity index (χ1n) is 4.06. The molecule has 0 aromatic rings. The van der Waals surface area contributed by atoms with E-state index in [1.54, 1.807) is 7.11 Å². The molecule has 0 atom stereocenters. The molecule has 3 nitrogen and oxygen atoms in total. The van der Waals surface area contributed by atoms with Crippen LogP contribution in [0.25, 0.3) is 0 Å². The SMILES string of the molecule is CO[P+]1(C)OC(C)(C)C(C)(C)O1. The minimum Gasteiger partial charge on any atom is -0.182 e. The maximum absolute atomic E-state index is 5.77. The summed E-state index contributed by atoms with van der Waals surface area (Å²) in [5.74, 6) is 0. The summed E-state index contributed by atoms with van der Waals surface area (Å²) < 4.78 is 16.8. The number of hydrogen-bond acceptors (Lipinski definition) is 3. The molecular formula is C8H18O3P+. The van der Waals surface area contributed by atoms with Gasteiger partial charge in [-0.05, 0) is 27.7 Å². The van der Waals surface area contributed by atoms with E-state index in [1.165, 1.54) is 0 Å². The maximum Gasteiger partial charge on any atom is 0.409 e. The minimum atomic E-state index is -2.04. The van der Waals surface area contributed by atoms with Crippen molar-refractivity contribution in [2.45, 2.75) is 38.9 Å². The van der Waals surface area contributed by atoms with Crippen LogP contribution in [0.15, 0.2) is 0 Å². The van der Waals surface area contributed by atoms with Gasteiger partial charge in [-0.3, -0.25) is 0 Å². The van der Waals surface area contributed by atoms with Crippen LogP contribution in [0, 0.1) is 0 Å². The highest BCUT2D eigenvalue weighted by Gasteiger charge is 2.63. The fourth-order valence-corrected chi connectivity index (χ4v) is 3.43. The maximum atomic E-state index is 5.77. The standard InChI is InChI=1S/C8H18O3P/c1-7(2)8(3,4)11-12(6,9-5)10-7/h1-6H3/q+1. The molecule has 0 aliphatic carbocycles. The van der Waals surface area contributed by atoms with Gasteiger partial charge in [0.2, 0.25) is 0 Å². The second kappa shape index (κ2) is 2.65. The lowest BCUT2D eigenvalue weighted by Crippen LogP contribution is -2.41. The summed E-state index contributed by atoms with van der Waals surface area (Å²) in [6.45, 7) is 9.99. The summed E-state index contributed by atoms with van der Waals surface area (Å²) in [6, 6.07) is 0. The van der Waals surface area contributed by atoms with E-state index in [0.717, 1.165) is 0 Å². The van der Waals surface area contributed by atoms with Gasteiger partial charge in [0.15, 0.2) is 0 Å². The second-order valence-electron chi connectivity index (χ2n) is 4.16. The van der Waals surface area contributed by atoms with E-state index < -0.39 is 7.94 Å². The van der Waals surface area contributed by atoms with Crippen molar-refractivity contribution in [3.05, 3.63) is 0 Å². The molecule has 0 N–H and O–H groups in total. The van der Waals surface area contributed by atoms with Crippen LogP contribution in [-0.2, 0) is 13.6 Å². The summed E-state index contributed by atoms with van der Waals surface area (Å²) in [6.07, 6.45) is 0. The summed E-state index contributed by atoms with van der Waals surface area (Å²) in [4.78, 5) is 0. The quantitative estimate of drug-likeness (QED) is 0.599. The molecule has 0 aromatic heterocycles. The van der Waals surface area contributed by atoms with E-state index in [-0.39, 0.29) is 11.2 Å². The van der Waals surface area contributed by atoms with Crippen molar-refractivity contribution in [2.75, 3.05) is 13.8 Å². The van der Waals surface area contributed by atoms with Gasteiger partial charge >= 0.3 is 7.94 Å². The molecule has 12 heavy (non-hydrogen) atoms. The lowest BCUT2D eigenvalue weighted by Gasteiger charge is -2.24. The lowest BCUT2D eigenvalue weighted by atomic mass is 9.90. The first-order chi connectivity index (χ1) is 5.22. The Kier molecular flexibility index (Phi) is 2.29. The summed E-state index contributed by atoms with van der Waals surface area (Å²) in [5, 5.41) is 0. The van der Waals surface area contributed by atoms with E-state index >= 15 is 0 Å². The molecule has 1 heterocycles. The van der Waals surface area contributed by atoms with Gasteiger partial charge in [-0.15, -0.1) is 0 Å². The van der Waals surface area contributed by atoms with Gasteiger partial charge in [0, 0.05) is 0 Å². The Morgan fingerprint density at radius 2 is 1.33 bits per heavy atom. The van der Waals surface area contributed by atoms with Crippen LogP contribution >= 0.6 is 7.94 Å². The highest BCUT2D eigenvalue weighted by molar-refractivity contribution is 7.61. The molecule has 1 aliphatic rings. The average molecular weight is 193 g/mol. The zero-order valence-electron chi connectivity index (χ0n) is 8.67. The normalized spacial score (nSPS) is 30.5. The largest absolute Gasteiger partial charge is 0.409 e. The van der Waals surface area contributed by atoms with Crippen molar-refractivity contribution in [1.82, 2.24) is 0 Å². The van der Waals surface area contributed by atoms with Gasteiger partial charge in [0.25, 0.3) is 0 Å². The Morgan fingerprint density at radius 3 is 1.50 bits per heavy atom. The fourth-order valence-electron chi connectivity index (χ4n) is 1.14. The molecule has 1 rings (SSSR count). The molecule has 0 saturated carbocycles.